The molecule has 162 valence electrons. The molecule has 1 fully saturated rings. The molecule has 2 aromatic heterocycles. The average molecular weight is 429 g/mol. The van der Waals surface area contributed by atoms with Crippen molar-refractivity contribution in [2.45, 2.75) is 31.9 Å². The number of alkyl halides is 3. The lowest BCUT2D eigenvalue weighted by Crippen LogP contribution is -2.49. The smallest absolute Gasteiger partial charge is 0.351 e. The maximum absolute atomic E-state index is 13.3. The third-order valence-corrected chi connectivity index (χ3v) is 6.13. The second-order valence-electron chi connectivity index (χ2n) is 8.00. The normalized spacial score (nSPS) is 17.1. The summed E-state index contributed by atoms with van der Waals surface area (Å²) in [5.74, 6) is 0.251. The Morgan fingerprint density at radius 2 is 1.74 bits per heavy atom. The second-order valence-corrected chi connectivity index (χ2v) is 8.00. The van der Waals surface area contributed by atoms with Crippen LogP contribution in [0.5, 0.6) is 0 Å². The Labute approximate surface area is 177 Å². The van der Waals surface area contributed by atoms with Gasteiger partial charge in [0.2, 0.25) is 0 Å². The van der Waals surface area contributed by atoms with Gasteiger partial charge in [-0.25, -0.2) is 9.50 Å². The first-order chi connectivity index (χ1) is 14.9. The van der Waals surface area contributed by atoms with Crippen LogP contribution >= 0.6 is 0 Å². The van der Waals surface area contributed by atoms with Gasteiger partial charge in [0.1, 0.15) is 5.52 Å². The lowest BCUT2D eigenvalue weighted by molar-refractivity contribution is -0.138. The summed E-state index contributed by atoms with van der Waals surface area (Å²) in [5.41, 5.74) is 2.19. The van der Waals surface area contributed by atoms with E-state index in [1.807, 2.05) is 10.7 Å². The summed E-state index contributed by atoms with van der Waals surface area (Å²) in [5, 5.41) is 4.70. The van der Waals surface area contributed by atoms with Crippen LogP contribution in [0.15, 0.2) is 36.7 Å². The number of halogens is 3. The molecule has 1 aliphatic carbocycles. The molecule has 9 heteroatoms. The molecule has 3 aromatic rings. The first kappa shape index (κ1) is 19.8. The number of anilines is 1. The van der Waals surface area contributed by atoms with E-state index < -0.39 is 17.6 Å². The zero-order valence-corrected chi connectivity index (χ0v) is 16.9. The fourth-order valence-electron chi connectivity index (χ4n) is 4.59. The van der Waals surface area contributed by atoms with Crippen LogP contribution in [0.25, 0.3) is 5.52 Å². The molecule has 0 saturated carbocycles. The van der Waals surface area contributed by atoms with Crippen LogP contribution in [0.1, 0.15) is 40.0 Å². The molecule has 0 bridgehead atoms. The summed E-state index contributed by atoms with van der Waals surface area (Å²) in [6.45, 7) is 1.69. The van der Waals surface area contributed by atoms with Gasteiger partial charge in [-0.15, -0.1) is 0 Å². The van der Waals surface area contributed by atoms with Crippen molar-refractivity contribution >= 4 is 17.2 Å². The molecule has 1 aromatic carbocycles. The van der Waals surface area contributed by atoms with Crippen molar-refractivity contribution in [3.8, 4) is 0 Å². The van der Waals surface area contributed by atoms with Gasteiger partial charge in [0.05, 0.1) is 16.8 Å². The van der Waals surface area contributed by atoms with Crippen LogP contribution in [0, 0.1) is 0 Å². The molecule has 3 heterocycles. The van der Waals surface area contributed by atoms with E-state index in [0.717, 1.165) is 48.8 Å². The quantitative estimate of drug-likeness (QED) is 0.625. The number of carbonyl (C=O) groups is 1. The first-order valence-corrected chi connectivity index (χ1v) is 10.5. The molecule has 5 rings (SSSR count). The van der Waals surface area contributed by atoms with Gasteiger partial charge in [0, 0.05) is 44.1 Å². The highest BCUT2D eigenvalue weighted by atomic mass is 19.4. The first-order valence-electron chi connectivity index (χ1n) is 10.5. The second kappa shape index (κ2) is 7.55. The number of fused-ring (bicyclic) bond motifs is 3. The summed E-state index contributed by atoms with van der Waals surface area (Å²) in [4.78, 5) is 21.0. The molecule has 0 unspecified atom stereocenters. The number of aryl methyl sites for hydroxylation is 2. The van der Waals surface area contributed by atoms with Crippen molar-refractivity contribution < 1.29 is 18.0 Å². The number of hydrogen-bond donors (Lipinski definition) is 0. The van der Waals surface area contributed by atoms with E-state index in [0.29, 0.717) is 26.2 Å². The Balaban J connectivity index is 1.37. The summed E-state index contributed by atoms with van der Waals surface area (Å²) in [7, 11) is 0. The molecule has 1 aliphatic heterocycles. The van der Waals surface area contributed by atoms with Crippen LogP contribution in [0.4, 0.5) is 19.0 Å². The van der Waals surface area contributed by atoms with Crippen molar-refractivity contribution in [3.63, 3.8) is 0 Å². The Kier molecular flexibility index (Phi) is 4.83. The maximum Gasteiger partial charge on any atom is 0.417 e. The number of aromatic nitrogens is 3. The molecule has 6 nitrogen and oxygen atoms in total. The molecule has 0 radical (unpaired) electrons. The minimum Gasteiger partial charge on any atom is -0.351 e. The Hall–Kier alpha value is -3.10. The Morgan fingerprint density at radius 3 is 2.52 bits per heavy atom. The van der Waals surface area contributed by atoms with Crippen molar-refractivity contribution in [1.82, 2.24) is 19.5 Å². The lowest BCUT2D eigenvalue weighted by atomic mass is 9.97. The van der Waals surface area contributed by atoms with E-state index in [-0.39, 0.29) is 5.56 Å². The monoisotopic (exact) mass is 429 g/mol. The zero-order valence-electron chi connectivity index (χ0n) is 16.9. The average Bonchev–Trinajstić information content (AvgIpc) is 3.17. The van der Waals surface area contributed by atoms with E-state index in [9.17, 15) is 18.0 Å². The predicted octanol–water partition coefficient (Wildman–Crippen LogP) is 3.59. The largest absolute Gasteiger partial charge is 0.417 e. The number of piperazine rings is 1. The highest BCUT2D eigenvalue weighted by Crippen LogP contribution is 2.33. The van der Waals surface area contributed by atoms with Gasteiger partial charge in [-0.1, -0.05) is 12.1 Å². The highest BCUT2D eigenvalue weighted by molar-refractivity contribution is 5.96. The minimum absolute atomic E-state index is 0.298. The van der Waals surface area contributed by atoms with Gasteiger partial charge in [0.25, 0.3) is 5.91 Å². The number of hydrogen-bond acceptors (Lipinski definition) is 4. The van der Waals surface area contributed by atoms with Crippen molar-refractivity contribution in [2.75, 3.05) is 31.1 Å². The van der Waals surface area contributed by atoms with Gasteiger partial charge in [0.15, 0.2) is 5.82 Å². The third kappa shape index (κ3) is 3.51. The van der Waals surface area contributed by atoms with Crippen LogP contribution < -0.4 is 4.90 Å². The van der Waals surface area contributed by atoms with Gasteiger partial charge < -0.3 is 9.80 Å². The van der Waals surface area contributed by atoms with E-state index in [1.165, 1.54) is 28.7 Å². The number of benzene rings is 1. The van der Waals surface area contributed by atoms with Crippen LogP contribution in [0.2, 0.25) is 0 Å². The minimum atomic E-state index is -4.56. The molecule has 0 spiro atoms. The van der Waals surface area contributed by atoms with Gasteiger partial charge >= 0.3 is 6.18 Å². The fourth-order valence-corrected chi connectivity index (χ4v) is 4.59. The Morgan fingerprint density at radius 1 is 1.00 bits per heavy atom. The van der Waals surface area contributed by atoms with E-state index in [4.69, 9.17) is 5.10 Å². The van der Waals surface area contributed by atoms with E-state index in [2.05, 4.69) is 9.88 Å². The number of nitrogens with zero attached hydrogens (tertiary/aromatic N) is 5. The van der Waals surface area contributed by atoms with E-state index >= 15 is 0 Å². The summed E-state index contributed by atoms with van der Waals surface area (Å²) in [6.07, 6.45) is 3.22. The van der Waals surface area contributed by atoms with Crippen LogP contribution in [-0.2, 0) is 19.0 Å². The fraction of sp³-hybridized carbons (Fsp3) is 0.409. The molecular weight excluding hydrogens is 407 g/mol. The van der Waals surface area contributed by atoms with Crippen molar-refractivity contribution in [2.24, 2.45) is 0 Å². The van der Waals surface area contributed by atoms with Gasteiger partial charge in [-0.2, -0.15) is 18.3 Å². The highest BCUT2D eigenvalue weighted by Gasteiger charge is 2.36. The topological polar surface area (TPSA) is 53.7 Å². The standard InChI is InChI=1S/C22H22F3N5O/c23-22(24,25)17-7-3-1-5-15(17)21(31)29-13-11-28(12-14-29)20-19-16-6-2-4-8-18(16)27-30(19)10-9-26-20/h1,3,5,7,9-10H,2,4,6,8,11-14H2. The lowest BCUT2D eigenvalue weighted by Gasteiger charge is -2.36. The summed E-state index contributed by atoms with van der Waals surface area (Å²) in [6, 6.07) is 4.97. The molecule has 0 atom stereocenters. The molecule has 0 N–H and O–H groups in total. The van der Waals surface area contributed by atoms with E-state index in [1.54, 1.807) is 6.20 Å². The molecule has 1 saturated heterocycles. The Bertz CT molecular complexity index is 1130. The third-order valence-electron chi connectivity index (χ3n) is 6.13. The number of carbonyl (C=O) groups excluding carboxylic acids is 1. The van der Waals surface area contributed by atoms with Crippen molar-refractivity contribution in [3.05, 3.63) is 59.0 Å². The summed E-state index contributed by atoms with van der Waals surface area (Å²) < 4.78 is 41.8. The number of rotatable bonds is 2. The molecule has 2 aliphatic rings. The van der Waals surface area contributed by atoms with Gasteiger partial charge in [-0.3, -0.25) is 4.79 Å². The SMILES string of the molecule is O=C(c1ccccc1C(F)(F)F)N1CCN(c2nccn3nc4c(c23)CCCC4)CC1. The van der Waals surface area contributed by atoms with Crippen LogP contribution in [-0.4, -0.2) is 51.6 Å². The molecule has 31 heavy (non-hydrogen) atoms. The summed E-state index contributed by atoms with van der Waals surface area (Å²) >= 11 is 0. The number of amides is 1. The predicted molar refractivity (Wildman–Crippen MR) is 109 cm³/mol. The zero-order chi connectivity index (χ0) is 21.6. The molecular formula is C22H22F3N5O. The van der Waals surface area contributed by atoms with Crippen LogP contribution in [0.3, 0.4) is 0 Å². The van der Waals surface area contributed by atoms with Gasteiger partial charge in [-0.05, 0) is 37.8 Å². The molecule has 1 amide bonds. The van der Waals surface area contributed by atoms with Crippen molar-refractivity contribution in [1.29, 1.82) is 0 Å². The maximum atomic E-state index is 13.3.